The predicted molar refractivity (Wildman–Crippen MR) is 37.1 cm³/mol. The van der Waals surface area contributed by atoms with Crippen LogP contribution in [-0.2, 0) is 0 Å². The monoisotopic (exact) mass is 126 g/mol. The largest absolute Gasteiger partial charge is 0.326 e. The standard InChI is InChI=1S/C7H14N2/c8-7-4-9-3-6(7)5-1-2-5/h5-7,9H,1-4,8H2/t6-,7-/m0/s1. The molecule has 2 fully saturated rings. The van der Waals surface area contributed by atoms with Crippen LogP contribution in [0.15, 0.2) is 0 Å². The van der Waals surface area contributed by atoms with Gasteiger partial charge in [0.25, 0.3) is 0 Å². The lowest BCUT2D eigenvalue weighted by atomic mass is 9.99. The van der Waals surface area contributed by atoms with Crippen molar-refractivity contribution in [1.82, 2.24) is 5.32 Å². The molecule has 1 saturated heterocycles. The summed E-state index contributed by atoms with van der Waals surface area (Å²) < 4.78 is 0. The molecule has 3 N–H and O–H groups in total. The number of hydrogen-bond donors (Lipinski definition) is 2. The minimum atomic E-state index is 0.456. The van der Waals surface area contributed by atoms with Crippen molar-refractivity contribution in [3.05, 3.63) is 0 Å². The van der Waals surface area contributed by atoms with Gasteiger partial charge in [-0.15, -0.1) is 0 Å². The fourth-order valence-electron chi connectivity index (χ4n) is 1.76. The van der Waals surface area contributed by atoms with Crippen LogP contribution in [0.1, 0.15) is 12.8 Å². The van der Waals surface area contributed by atoms with Crippen molar-refractivity contribution in [1.29, 1.82) is 0 Å². The molecule has 0 bridgehead atoms. The maximum Gasteiger partial charge on any atom is 0.0208 e. The third kappa shape index (κ3) is 0.970. The molecule has 0 aromatic carbocycles. The first-order valence-electron chi connectivity index (χ1n) is 3.84. The summed E-state index contributed by atoms with van der Waals surface area (Å²) in [4.78, 5) is 0. The Hall–Kier alpha value is -0.0800. The molecule has 2 rings (SSSR count). The number of hydrogen-bond acceptors (Lipinski definition) is 2. The van der Waals surface area contributed by atoms with Gasteiger partial charge in [-0.1, -0.05) is 0 Å². The van der Waals surface area contributed by atoms with E-state index < -0.39 is 0 Å². The van der Waals surface area contributed by atoms with Gasteiger partial charge in [-0.05, 0) is 31.2 Å². The lowest BCUT2D eigenvalue weighted by Crippen LogP contribution is -2.29. The van der Waals surface area contributed by atoms with Crippen LogP contribution in [0, 0.1) is 11.8 Å². The van der Waals surface area contributed by atoms with Gasteiger partial charge in [0.2, 0.25) is 0 Å². The van der Waals surface area contributed by atoms with E-state index in [1.807, 2.05) is 0 Å². The van der Waals surface area contributed by atoms with Crippen LogP contribution < -0.4 is 11.1 Å². The fraction of sp³-hybridized carbons (Fsp3) is 1.00. The third-order valence-electron chi connectivity index (χ3n) is 2.54. The smallest absolute Gasteiger partial charge is 0.0208 e. The Morgan fingerprint density at radius 2 is 2.00 bits per heavy atom. The van der Waals surface area contributed by atoms with Gasteiger partial charge in [0.05, 0.1) is 0 Å². The Balaban J connectivity index is 1.93. The fourth-order valence-corrected chi connectivity index (χ4v) is 1.76. The first kappa shape index (κ1) is 5.69. The quantitative estimate of drug-likeness (QED) is 0.516. The maximum absolute atomic E-state index is 5.86. The summed E-state index contributed by atoms with van der Waals surface area (Å²) in [5.41, 5.74) is 5.86. The maximum atomic E-state index is 5.86. The molecular formula is C7H14N2. The molecule has 9 heavy (non-hydrogen) atoms. The van der Waals surface area contributed by atoms with Crippen LogP contribution in [0.2, 0.25) is 0 Å². The second-order valence-electron chi connectivity index (χ2n) is 3.32. The molecule has 2 heteroatoms. The highest BCUT2D eigenvalue weighted by Crippen LogP contribution is 2.38. The zero-order valence-corrected chi connectivity index (χ0v) is 5.64. The van der Waals surface area contributed by atoms with Crippen molar-refractivity contribution < 1.29 is 0 Å². The molecule has 0 unspecified atom stereocenters. The van der Waals surface area contributed by atoms with E-state index in [0.29, 0.717) is 6.04 Å². The van der Waals surface area contributed by atoms with Crippen LogP contribution in [0.4, 0.5) is 0 Å². The molecule has 2 nitrogen and oxygen atoms in total. The lowest BCUT2D eigenvalue weighted by molar-refractivity contribution is 0.455. The van der Waals surface area contributed by atoms with E-state index in [0.717, 1.165) is 18.4 Å². The van der Waals surface area contributed by atoms with E-state index in [9.17, 15) is 0 Å². The molecule has 0 amide bonds. The number of nitrogens with one attached hydrogen (secondary N) is 1. The van der Waals surface area contributed by atoms with Crippen LogP contribution >= 0.6 is 0 Å². The molecule has 1 aliphatic carbocycles. The molecule has 0 aromatic heterocycles. The highest BCUT2D eigenvalue weighted by molar-refractivity contribution is 4.93. The van der Waals surface area contributed by atoms with Crippen molar-refractivity contribution >= 4 is 0 Å². The lowest BCUT2D eigenvalue weighted by Gasteiger charge is -2.11. The molecule has 2 aliphatic rings. The summed E-state index contributed by atoms with van der Waals surface area (Å²) in [6, 6.07) is 0.456. The van der Waals surface area contributed by atoms with Crippen molar-refractivity contribution in [2.24, 2.45) is 17.6 Å². The van der Waals surface area contributed by atoms with Crippen LogP contribution in [0.5, 0.6) is 0 Å². The zero-order valence-electron chi connectivity index (χ0n) is 5.64. The summed E-state index contributed by atoms with van der Waals surface area (Å²) in [6.07, 6.45) is 2.86. The van der Waals surface area contributed by atoms with Gasteiger partial charge in [0, 0.05) is 12.6 Å². The van der Waals surface area contributed by atoms with Crippen LogP contribution in [0.25, 0.3) is 0 Å². The topological polar surface area (TPSA) is 38.0 Å². The summed E-state index contributed by atoms with van der Waals surface area (Å²) in [5.74, 6) is 1.79. The molecule has 0 radical (unpaired) electrons. The van der Waals surface area contributed by atoms with Crippen molar-refractivity contribution in [3.8, 4) is 0 Å². The van der Waals surface area contributed by atoms with Gasteiger partial charge < -0.3 is 11.1 Å². The Morgan fingerprint density at radius 3 is 2.44 bits per heavy atom. The first-order valence-corrected chi connectivity index (χ1v) is 3.84. The van der Waals surface area contributed by atoms with E-state index >= 15 is 0 Å². The summed E-state index contributed by atoms with van der Waals surface area (Å²) >= 11 is 0. The summed E-state index contributed by atoms with van der Waals surface area (Å²) in [5, 5.41) is 3.32. The SMILES string of the molecule is N[C@H]1CNC[C@H]1C1CC1. The number of rotatable bonds is 1. The molecular weight excluding hydrogens is 112 g/mol. The Kier molecular flexibility index (Phi) is 1.24. The molecule has 0 spiro atoms. The average molecular weight is 126 g/mol. The molecule has 2 atom stereocenters. The van der Waals surface area contributed by atoms with Gasteiger partial charge in [0.15, 0.2) is 0 Å². The highest BCUT2D eigenvalue weighted by Gasteiger charge is 2.37. The molecule has 0 aromatic rings. The zero-order chi connectivity index (χ0) is 6.27. The van der Waals surface area contributed by atoms with Gasteiger partial charge in [-0.3, -0.25) is 0 Å². The van der Waals surface area contributed by atoms with E-state index in [2.05, 4.69) is 5.32 Å². The average Bonchev–Trinajstić information content (AvgIpc) is 2.58. The predicted octanol–water partition coefficient (Wildman–Crippen LogP) is -0.0569. The second kappa shape index (κ2) is 1.96. The van der Waals surface area contributed by atoms with Gasteiger partial charge in [0.1, 0.15) is 0 Å². The Bertz CT molecular complexity index is 109. The Labute approximate surface area is 55.8 Å². The van der Waals surface area contributed by atoms with Crippen LogP contribution in [-0.4, -0.2) is 19.1 Å². The number of nitrogens with two attached hydrogens (primary N) is 1. The van der Waals surface area contributed by atoms with Gasteiger partial charge >= 0.3 is 0 Å². The van der Waals surface area contributed by atoms with E-state index in [4.69, 9.17) is 5.73 Å². The molecule has 1 aliphatic heterocycles. The van der Waals surface area contributed by atoms with E-state index in [-0.39, 0.29) is 0 Å². The normalized spacial score (nSPS) is 43.7. The second-order valence-corrected chi connectivity index (χ2v) is 3.32. The van der Waals surface area contributed by atoms with Crippen molar-refractivity contribution in [2.75, 3.05) is 13.1 Å². The van der Waals surface area contributed by atoms with Crippen molar-refractivity contribution in [2.45, 2.75) is 18.9 Å². The summed E-state index contributed by atoms with van der Waals surface area (Å²) in [6.45, 7) is 2.22. The Morgan fingerprint density at radius 1 is 1.22 bits per heavy atom. The van der Waals surface area contributed by atoms with Gasteiger partial charge in [-0.2, -0.15) is 0 Å². The van der Waals surface area contributed by atoms with Crippen LogP contribution in [0.3, 0.4) is 0 Å². The van der Waals surface area contributed by atoms with E-state index in [1.54, 1.807) is 0 Å². The van der Waals surface area contributed by atoms with E-state index in [1.165, 1.54) is 19.4 Å². The van der Waals surface area contributed by atoms with Gasteiger partial charge in [-0.25, -0.2) is 0 Å². The summed E-state index contributed by atoms with van der Waals surface area (Å²) in [7, 11) is 0. The highest BCUT2D eigenvalue weighted by atomic mass is 15.0. The third-order valence-corrected chi connectivity index (χ3v) is 2.54. The van der Waals surface area contributed by atoms with Crippen molar-refractivity contribution in [3.63, 3.8) is 0 Å². The first-order chi connectivity index (χ1) is 4.38. The minimum absolute atomic E-state index is 0.456. The molecule has 1 heterocycles. The minimum Gasteiger partial charge on any atom is -0.326 e. The molecule has 52 valence electrons. The molecule has 1 saturated carbocycles.